The van der Waals surface area contributed by atoms with Gasteiger partial charge in [0.15, 0.2) is 0 Å². The van der Waals surface area contributed by atoms with E-state index in [-0.39, 0.29) is 18.3 Å². The maximum Gasteiger partial charge on any atom is 0.348 e. The SMILES string of the molecule is COCCOC(=O)/C(C#N)=C/c1ccc(OC(C)C)cc1. The molecule has 0 amide bonds. The molecule has 0 atom stereocenters. The van der Waals surface area contributed by atoms with Crippen LogP contribution in [0.2, 0.25) is 0 Å². The first-order valence-corrected chi connectivity index (χ1v) is 6.61. The molecule has 0 radical (unpaired) electrons. The Labute approximate surface area is 124 Å². The van der Waals surface area contributed by atoms with Gasteiger partial charge in [-0.1, -0.05) is 12.1 Å². The lowest BCUT2D eigenvalue weighted by atomic mass is 10.1. The molecule has 1 aromatic carbocycles. The molecule has 0 saturated heterocycles. The summed E-state index contributed by atoms with van der Waals surface area (Å²) >= 11 is 0. The zero-order valence-corrected chi connectivity index (χ0v) is 12.5. The summed E-state index contributed by atoms with van der Waals surface area (Å²) in [7, 11) is 1.51. The maximum atomic E-state index is 11.7. The van der Waals surface area contributed by atoms with E-state index >= 15 is 0 Å². The molecular formula is C16H19NO4. The predicted molar refractivity (Wildman–Crippen MR) is 78.6 cm³/mol. The van der Waals surface area contributed by atoms with E-state index in [1.165, 1.54) is 13.2 Å². The van der Waals surface area contributed by atoms with Crippen molar-refractivity contribution in [3.8, 4) is 11.8 Å². The van der Waals surface area contributed by atoms with Crippen molar-refractivity contribution in [1.82, 2.24) is 0 Å². The van der Waals surface area contributed by atoms with Crippen LogP contribution in [0.1, 0.15) is 19.4 Å². The Morgan fingerprint density at radius 3 is 2.48 bits per heavy atom. The van der Waals surface area contributed by atoms with Crippen LogP contribution in [0.5, 0.6) is 5.75 Å². The van der Waals surface area contributed by atoms with Crippen LogP contribution >= 0.6 is 0 Å². The molecule has 21 heavy (non-hydrogen) atoms. The second kappa shape index (κ2) is 8.77. The largest absolute Gasteiger partial charge is 0.491 e. The van der Waals surface area contributed by atoms with Crippen LogP contribution < -0.4 is 4.74 Å². The molecule has 5 heteroatoms. The number of methoxy groups -OCH3 is 1. The van der Waals surface area contributed by atoms with Crippen LogP contribution in [-0.4, -0.2) is 32.4 Å². The van der Waals surface area contributed by atoms with Crippen molar-refractivity contribution in [2.24, 2.45) is 0 Å². The molecule has 0 fully saturated rings. The Kier molecular flexibility index (Phi) is 6.99. The number of nitrogens with zero attached hydrogens (tertiary/aromatic N) is 1. The van der Waals surface area contributed by atoms with E-state index in [0.717, 1.165) is 11.3 Å². The maximum absolute atomic E-state index is 11.7. The highest BCUT2D eigenvalue weighted by atomic mass is 16.6. The van der Waals surface area contributed by atoms with Crippen molar-refractivity contribution >= 4 is 12.0 Å². The zero-order valence-electron chi connectivity index (χ0n) is 12.5. The van der Waals surface area contributed by atoms with E-state index in [9.17, 15) is 4.79 Å². The number of esters is 1. The number of carbonyl (C=O) groups excluding carboxylic acids is 1. The van der Waals surface area contributed by atoms with Crippen molar-refractivity contribution in [3.63, 3.8) is 0 Å². The molecule has 0 aliphatic carbocycles. The van der Waals surface area contributed by atoms with Gasteiger partial charge in [0.2, 0.25) is 0 Å². The molecule has 0 aliphatic heterocycles. The molecule has 1 aromatic rings. The van der Waals surface area contributed by atoms with Gasteiger partial charge in [-0.3, -0.25) is 0 Å². The molecule has 0 N–H and O–H groups in total. The highest BCUT2D eigenvalue weighted by Gasteiger charge is 2.10. The lowest BCUT2D eigenvalue weighted by molar-refractivity contribution is -0.139. The number of ether oxygens (including phenoxy) is 3. The number of hydrogen-bond acceptors (Lipinski definition) is 5. The zero-order chi connectivity index (χ0) is 15.7. The summed E-state index contributed by atoms with van der Waals surface area (Å²) in [5, 5.41) is 9.01. The van der Waals surface area contributed by atoms with Crippen LogP contribution in [0.3, 0.4) is 0 Å². The number of hydrogen-bond donors (Lipinski definition) is 0. The van der Waals surface area contributed by atoms with Crippen LogP contribution in [0, 0.1) is 11.3 Å². The quantitative estimate of drug-likeness (QED) is 0.334. The molecule has 112 valence electrons. The fourth-order valence-electron chi connectivity index (χ4n) is 1.51. The predicted octanol–water partition coefficient (Wildman–Crippen LogP) is 2.57. The summed E-state index contributed by atoms with van der Waals surface area (Å²) in [6.07, 6.45) is 1.57. The van der Waals surface area contributed by atoms with Crippen LogP contribution in [-0.2, 0) is 14.3 Å². The van der Waals surface area contributed by atoms with E-state index in [1.54, 1.807) is 24.3 Å². The summed E-state index contributed by atoms with van der Waals surface area (Å²) < 4.78 is 15.2. The van der Waals surface area contributed by atoms with E-state index < -0.39 is 5.97 Å². The highest BCUT2D eigenvalue weighted by Crippen LogP contribution is 2.16. The summed E-state index contributed by atoms with van der Waals surface area (Å²) in [5.41, 5.74) is 0.676. The summed E-state index contributed by atoms with van der Waals surface area (Å²) in [4.78, 5) is 11.7. The molecule has 0 bridgehead atoms. The van der Waals surface area contributed by atoms with E-state index in [4.69, 9.17) is 19.5 Å². The lowest BCUT2D eigenvalue weighted by Crippen LogP contribution is -2.11. The third kappa shape index (κ3) is 6.11. The van der Waals surface area contributed by atoms with Gasteiger partial charge in [-0.2, -0.15) is 5.26 Å². The topological polar surface area (TPSA) is 68.5 Å². The number of carbonyl (C=O) groups is 1. The lowest BCUT2D eigenvalue weighted by Gasteiger charge is -2.09. The molecule has 1 rings (SSSR count). The second-order valence-electron chi connectivity index (χ2n) is 4.53. The van der Waals surface area contributed by atoms with Gasteiger partial charge in [-0.25, -0.2) is 4.79 Å². The van der Waals surface area contributed by atoms with Crippen molar-refractivity contribution in [2.75, 3.05) is 20.3 Å². The Balaban J connectivity index is 2.74. The van der Waals surface area contributed by atoms with Gasteiger partial charge >= 0.3 is 5.97 Å². The van der Waals surface area contributed by atoms with Crippen LogP contribution in [0.4, 0.5) is 0 Å². The Hall–Kier alpha value is -2.32. The minimum Gasteiger partial charge on any atom is -0.491 e. The molecule has 0 spiro atoms. The van der Waals surface area contributed by atoms with E-state index in [1.807, 2.05) is 19.9 Å². The minimum absolute atomic E-state index is 0.0522. The van der Waals surface area contributed by atoms with E-state index in [2.05, 4.69) is 0 Å². The van der Waals surface area contributed by atoms with Gasteiger partial charge in [-0.05, 0) is 37.6 Å². The molecule has 0 aliphatic rings. The average Bonchev–Trinajstić information content (AvgIpc) is 2.46. The average molecular weight is 289 g/mol. The van der Waals surface area contributed by atoms with Gasteiger partial charge < -0.3 is 14.2 Å². The molecular weight excluding hydrogens is 270 g/mol. The van der Waals surface area contributed by atoms with Gasteiger partial charge in [0, 0.05) is 7.11 Å². The summed E-state index contributed by atoms with van der Waals surface area (Å²) in [5.74, 6) is 0.0837. The first-order chi connectivity index (χ1) is 10.1. The Morgan fingerprint density at radius 2 is 1.95 bits per heavy atom. The molecule has 5 nitrogen and oxygen atoms in total. The molecule has 0 unspecified atom stereocenters. The minimum atomic E-state index is -0.656. The van der Waals surface area contributed by atoms with Gasteiger partial charge in [0.25, 0.3) is 0 Å². The Morgan fingerprint density at radius 1 is 1.29 bits per heavy atom. The highest BCUT2D eigenvalue weighted by molar-refractivity contribution is 5.97. The first kappa shape index (κ1) is 16.7. The molecule has 0 saturated carbocycles. The first-order valence-electron chi connectivity index (χ1n) is 6.61. The number of nitriles is 1. The number of rotatable bonds is 7. The van der Waals surface area contributed by atoms with Gasteiger partial charge in [-0.15, -0.1) is 0 Å². The van der Waals surface area contributed by atoms with Crippen molar-refractivity contribution in [2.45, 2.75) is 20.0 Å². The third-order valence-corrected chi connectivity index (χ3v) is 2.42. The normalized spacial score (nSPS) is 11.1. The second-order valence-corrected chi connectivity index (χ2v) is 4.53. The fourth-order valence-corrected chi connectivity index (χ4v) is 1.51. The summed E-state index contributed by atoms with van der Waals surface area (Å²) in [6.45, 7) is 4.30. The third-order valence-electron chi connectivity index (χ3n) is 2.42. The molecule has 0 heterocycles. The van der Waals surface area contributed by atoms with Crippen molar-refractivity contribution in [3.05, 3.63) is 35.4 Å². The van der Waals surface area contributed by atoms with Crippen molar-refractivity contribution < 1.29 is 19.0 Å². The van der Waals surface area contributed by atoms with E-state index in [0.29, 0.717) is 6.61 Å². The van der Waals surface area contributed by atoms with Crippen LogP contribution in [0.15, 0.2) is 29.8 Å². The number of benzene rings is 1. The van der Waals surface area contributed by atoms with Crippen molar-refractivity contribution in [1.29, 1.82) is 5.26 Å². The Bertz CT molecular complexity index is 526. The van der Waals surface area contributed by atoms with Gasteiger partial charge in [0.1, 0.15) is 24.0 Å². The standard InChI is InChI=1S/C16H19NO4/c1-12(2)21-15-6-4-13(5-7-15)10-14(11-17)16(18)20-9-8-19-3/h4-7,10,12H,8-9H2,1-3H3/b14-10+. The van der Waals surface area contributed by atoms with Crippen LogP contribution in [0.25, 0.3) is 6.08 Å². The summed E-state index contributed by atoms with van der Waals surface area (Å²) in [6, 6.07) is 8.97. The molecule has 0 aromatic heterocycles. The van der Waals surface area contributed by atoms with Gasteiger partial charge in [0.05, 0.1) is 12.7 Å². The monoisotopic (exact) mass is 289 g/mol. The fraction of sp³-hybridized carbons (Fsp3) is 0.375. The smallest absolute Gasteiger partial charge is 0.348 e.